The van der Waals surface area contributed by atoms with Crippen molar-refractivity contribution in [3.05, 3.63) is 28.8 Å². The molecule has 0 spiro atoms. The van der Waals surface area contributed by atoms with E-state index in [0.717, 1.165) is 24.2 Å². The molecule has 0 heterocycles. The number of hydrogen-bond acceptors (Lipinski definition) is 3. The smallest absolute Gasteiger partial charge is 0.223 e. The van der Waals surface area contributed by atoms with Crippen LogP contribution in [0.1, 0.15) is 24.8 Å². The minimum absolute atomic E-state index is 0.0526. The van der Waals surface area contributed by atoms with E-state index in [4.69, 9.17) is 22.1 Å². The maximum absolute atomic E-state index is 11.5. The zero-order valence-electron chi connectivity index (χ0n) is 10.8. The van der Waals surface area contributed by atoms with Crippen molar-refractivity contribution < 1.29 is 9.53 Å². The molecular weight excluding hydrogens is 264 g/mol. The summed E-state index contributed by atoms with van der Waals surface area (Å²) in [5.41, 5.74) is 6.54. The Morgan fingerprint density at radius 1 is 1.47 bits per heavy atom. The van der Waals surface area contributed by atoms with E-state index in [1.54, 1.807) is 6.07 Å². The maximum atomic E-state index is 11.5. The fourth-order valence-electron chi connectivity index (χ4n) is 1.82. The van der Waals surface area contributed by atoms with Gasteiger partial charge in [0.25, 0.3) is 0 Å². The van der Waals surface area contributed by atoms with E-state index < -0.39 is 0 Å². The third-order valence-corrected chi connectivity index (χ3v) is 3.20. The van der Waals surface area contributed by atoms with Crippen LogP contribution in [-0.2, 0) is 11.2 Å². The normalized spacial score (nSPS) is 14.2. The van der Waals surface area contributed by atoms with E-state index in [1.165, 1.54) is 0 Å². The van der Waals surface area contributed by atoms with Crippen molar-refractivity contribution in [2.75, 3.05) is 13.2 Å². The van der Waals surface area contributed by atoms with Gasteiger partial charge in [0.05, 0.1) is 13.0 Å². The molecule has 1 aliphatic rings. The summed E-state index contributed by atoms with van der Waals surface area (Å²) in [5, 5.41) is 3.60. The van der Waals surface area contributed by atoms with Crippen molar-refractivity contribution >= 4 is 17.5 Å². The summed E-state index contributed by atoms with van der Waals surface area (Å²) >= 11 is 5.94. The van der Waals surface area contributed by atoms with Crippen LogP contribution in [0.2, 0.25) is 5.02 Å². The van der Waals surface area contributed by atoms with Gasteiger partial charge in [-0.15, -0.1) is 0 Å². The van der Waals surface area contributed by atoms with Gasteiger partial charge in [0.2, 0.25) is 5.91 Å². The Hall–Kier alpha value is -1.26. The Morgan fingerprint density at radius 3 is 2.95 bits per heavy atom. The lowest BCUT2D eigenvalue weighted by molar-refractivity contribution is -0.121. The Bertz CT molecular complexity index is 447. The van der Waals surface area contributed by atoms with Crippen LogP contribution in [0.25, 0.3) is 0 Å². The van der Waals surface area contributed by atoms with Crippen LogP contribution in [0, 0.1) is 0 Å². The lowest BCUT2D eigenvalue weighted by Crippen LogP contribution is -2.26. The lowest BCUT2D eigenvalue weighted by Gasteiger charge is -2.11. The van der Waals surface area contributed by atoms with E-state index in [9.17, 15) is 4.79 Å². The van der Waals surface area contributed by atoms with Crippen molar-refractivity contribution in [3.63, 3.8) is 0 Å². The first kappa shape index (κ1) is 14.2. The summed E-state index contributed by atoms with van der Waals surface area (Å²) < 4.78 is 5.64. The molecule has 1 aliphatic carbocycles. The minimum atomic E-state index is 0.0526. The van der Waals surface area contributed by atoms with Gasteiger partial charge in [0.15, 0.2) is 0 Å². The zero-order valence-corrected chi connectivity index (χ0v) is 11.6. The second kappa shape index (κ2) is 6.78. The number of nitrogens with one attached hydrogen (secondary N) is 1. The van der Waals surface area contributed by atoms with Gasteiger partial charge in [-0.05, 0) is 49.6 Å². The minimum Gasteiger partial charge on any atom is -0.493 e. The summed E-state index contributed by atoms with van der Waals surface area (Å²) in [4.78, 5) is 11.5. The van der Waals surface area contributed by atoms with E-state index in [0.29, 0.717) is 37.1 Å². The molecule has 1 saturated carbocycles. The number of nitrogens with two attached hydrogens (primary N) is 1. The molecule has 3 N–H and O–H groups in total. The number of amides is 1. The number of benzene rings is 1. The zero-order chi connectivity index (χ0) is 13.7. The standard InChI is InChI=1S/C14H19ClN2O2/c15-11-1-4-13(10(9-11)5-7-16)19-8-6-14(18)17-12-2-3-12/h1,4,9,12H,2-3,5-8,16H2,(H,17,18). The SMILES string of the molecule is NCCc1cc(Cl)ccc1OCCC(=O)NC1CC1. The number of hydrogen-bond donors (Lipinski definition) is 2. The second-order valence-corrected chi connectivity index (χ2v) is 5.17. The number of ether oxygens (including phenoxy) is 1. The summed E-state index contributed by atoms with van der Waals surface area (Å²) in [5.74, 6) is 0.811. The molecule has 1 fully saturated rings. The van der Waals surface area contributed by atoms with Gasteiger partial charge in [-0.3, -0.25) is 4.79 Å². The highest BCUT2D eigenvalue weighted by Gasteiger charge is 2.22. The van der Waals surface area contributed by atoms with Gasteiger partial charge in [-0.25, -0.2) is 0 Å². The third-order valence-electron chi connectivity index (χ3n) is 2.97. The maximum Gasteiger partial charge on any atom is 0.223 e. The third kappa shape index (κ3) is 4.73. The molecule has 0 bridgehead atoms. The fraction of sp³-hybridized carbons (Fsp3) is 0.500. The van der Waals surface area contributed by atoms with E-state index in [-0.39, 0.29) is 5.91 Å². The van der Waals surface area contributed by atoms with Crippen LogP contribution in [0.3, 0.4) is 0 Å². The molecule has 1 amide bonds. The molecule has 0 aliphatic heterocycles. The summed E-state index contributed by atoms with van der Waals surface area (Å²) in [6.45, 7) is 0.913. The Kier molecular flexibility index (Phi) is 5.05. The van der Waals surface area contributed by atoms with Gasteiger partial charge >= 0.3 is 0 Å². The highest BCUT2D eigenvalue weighted by atomic mass is 35.5. The molecule has 5 heteroatoms. The van der Waals surface area contributed by atoms with Crippen molar-refractivity contribution in [3.8, 4) is 5.75 Å². The average Bonchev–Trinajstić information content (AvgIpc) is 3.16. The number of rotatable bonds is 7. The van der Waals surface area contributed by atoms with Crippen LogP contribution in [0.15, 0.2) is 18.2 Å². The van der Waals surface area contributed by atoms with Gasteiger partial charge in [-0.1, -0.05) is 11.6 Å². The van der Waals surface area contributed by atoms with Gasteiger partial charge in [0.1, 0.15) is 5.75 Å². The van der Waals surface area contributed by atoms with Crippen molar-refractivity contribution in [1.82, 2.24) is 5.32 Å². The van der Waals surface area contributed by atoms with E-state index >= 15 is 0 Å². The molecule has 1 aromatic carbocycles. The molecule has 0 radical (unpaired) electrons. The number of carbonyl (C=O) groups is 1. The van der Waals surface area contributed by atoms with Gasteiger partial charge in [-0.2, -0.15) is 0 Å². The Balaban J connectivity index is 1.82. The van der Waals surface area contributed by atoms with Crippen LogP contribution in [0.4, 0.5) is 0 Å². The topological polar surface area (TPSA) is 64.3 Å². The average molecular weight is 283 g/mol. The Labute approximate surface area is 118 Å². The van der Waals surface area contributed by atoms with E-state index in [1.807, 2.05) is 12.1 Å². The van der Waals surface area contributed by atoms with Crippen LogP contribution < -0.4 is 15.8 Å². The monoisotopic (exact) mass is 282 g/mol. The first-order chi connectivity index (χ1) is 9.19. The van der Waals surface area contributed by atoms with Crippen molar-refractivity contribution in [2.24, 2.45) is 5.73 Å². The van der Waals surface area contributed by atoms with Crippen molar-refractivity contribution in [1.29, 1.82) is 0 Å². The Morgan fingerprint density at radius 2 is 2.26 bits per heavy atom. The second-order valence-electron chi connectivity index (χ2n) is 4.73. The summed E-state index contributed by atoms with van der Waals surface area (Å²) in [6, 6.07) is 5.86. The first-order valence-corrected chi connectivity index (χ1v) is 6.97. The van der Waals surface area contributed by atoms with Crippen LogP contribution in [0.5, 0.6) is 5.75 Å². The molecule has 0 aromatic heterocycles. The predicted molar refractivity (Wildman–Crippen MR) is 75.5 cm³/mol. The quantitative estimate of drug-likeness (QED) is 0.803. The lowest BCUT2D eigenvalue weighted by atomic mass is 10.1. The van der Waals surface area contributed by atoms with Crippen LogP contribution >= 0.6 is 11.6 Å². The molecule has 4 nitrogen and oxygen atoms in total. The van der Waals surface area contributed by atoms with Crippen LogP contribution in [-0.4, -0.2) is 25.1 Å². The first-order valence-electron chi connectivity index (χ1n) is 6.59. The predicted octanol–water partition coefficient (Wildman–Crippen LogP) is 1.89. The highest BCUT2D eigenvalue weighted by Crippen LogP contribution is 2.23. The van der Waals surface area contributed by atoms with Crippen molar-refractivity contribution in [2.45, 2.75) is 31.7 Å². The number of carbonyl (C=O) groups excluding carboxylic acids is 1. The molecule has 2 rings (SSSR count). The molecule has 0 unspecified atom stereocenters. The van der Waals surface area contributed by atoms with Gasteiger partial charge < -0.3 is 15.8 Å². The molecule has 0 atom stereocenters. The summed E-state index contributed by atoms with van der Waals surface area (Å²) in [7, 11) is 0. The largest absolute Gasteiger partial charge is 0.493 e. The molecule has 1 aromatic rings. The molecular formula is C14H19ClN2O2. The fourth-order valence-corrected chi connectivity index (χ4v) is 2.02. The molecule has 0 saturated heterocycles. The molecule has 104 valence electrons. The van der Waals surface area contributed by atoms with Gasteiger partial charge in [0, 0.05) is 11.1 Å². The number of halogens is 1. The molecule has 19 heavy (non-hydrogen) atoms. The summed E-state index contributed by atoms with van der Waals surface area (Å²) in [6.07, 6.45) is 3.29. The van der Waals surface area contributed by atoms with E-state index in [2.05, 4.69) is 5.32 Å². The highest BCUT2D eigenvalue weighted by molar-refractivity contribution is 6.30.